The third kappa shape index (κ3) is 10.5. The second-order valence-electron chi connectivity index (χ2n) is 15.9. The van der Waals surface area contributed by atoms with Crippen LogP contribution >= 0.6 is 0 Å². The van der Waals surface area contributed by atoms with E-state index in [0.29, 0.717) is 58.8 Å². The quantitative estimate of drug-likeness (QED) is 0.177. The normalized spacial score (nSPS) is 25.5. The van der Waals surface area contributed by atoms with E-state index in [9.17, 15) is 14.4 Å². The van der Waals surface area contributed by atoms with Crippen LogP contribution in [0.1, 0.15) is 105 Å². The van der Waals surface area contributed by atoms with Crippen LogP contribution in [0.4, 0.5) is 0 Å². The highest BCUT2D eigenvalue weighted by molar-refractivity contribution is 5.79. The Bertz CT molecular complexity index is 1840. The van der Waals surface area contributed by atoms with Gasteiger partial charge in [0.05, 0.1) is 0 Å². The van der Waals surface area contributed by atoms with Crippen LogP contribution in [0.15, 0.2) is 48.5 Å². The zero-order chi connectivity index (χ0) is 38.4. The van der Waals surface area contributed by atoms with Crippen LogP contribution in [0.5, 0.6) is 0 Å². The molecule has 2 aromatic heterocycles. The number of nitrogens with zero attached hydrogens (tertiary/aromatic N) is 5. The summed E-state index contributed by atoms with van der Waals surface area (Å²) in [4.78, 5) is 45.8. The van der Waals surface area contributed by atoms with E-state index in [4.69, 9.17) is 9.47 Å². The molecular formula is C42H60N6O5. The number of carbonyl (C=O) groups excluding carboxylic acids is 3. The van der Waals surface area contributed by atoms with Crippen LogP contribution < -0.4 is 0 Å². The second-order valence-corrected chi connectivity index (χ2v) is 15.9. The third-order valence-electron chi connectivity index (χ3n) is 10.6. The fourth-order valence-corrected chi connectivity index (χ4v) is 8.25. The van der Waals surface area contributed by atoms with Gasteiger partial charge in [0, 0.05) is 20.9 Å². The van der Waals surface area contributed by atoms with Gasteiger partial charge in [-0.1, -0.05) is 101 Å². The summed E-state index contributed by atoms with van der Waals surface area (Å²) in [5.74, 6) is 3.86. The highest BCUT2D eigenvalue weighted by Gasteiger charge is 2.35. The van der Waals surface area contributed by atoms with E-state index in [1.165, 1.54) is 17.2 Å². The van der Waals surface area contributed by atoms with Crippen molar-refractivity contribution in [2.24, 2.45) is 35.5 Å². The topological polar surface area (TPSA) is 142 Å². The number of aromatic amines is 1. The lowest BCUT2D eigenvalue weighted by Crippen LogP contribution is -2.38. The van der Waals surface area contributed by atoms with Crippen molar-refractivity contribution in [3.63, 3.8) is 0 Å². The highest BCUT2D eigenvalue weighted by atomic mass is 16.5. The number of esters is 2. The van der Waals surface area contributed by atoms with Crippen molar-refractivity contribution in [1.29, 1.82) is 0 Å². The molecule has 2 aromatic carbocycles. The highest BCUT2D eigenvalue weighted by Crippen LogP contribution is 2.36. The standard InChI is InChI=1S/C22H29N3O3.C20H27N3O2.2H2/c1-13-6-8-18(9-7-13)22-23-19(25(24-22)17(5)26)12-20(27)28-21-15(3)10-14(2)11-16(21)4;1-12-5-7-16(8-6-12)20-21-17(22-23-20)11-18(24)25-19-14(3)9-13(2)10-15(19)4;;/h6-9,14-16,21H,10-12H2,1-5H3;5-8,13-15,19H,9-11H2,1-4H3,(H,21,22,23);2*1H. The zero-order valence-electron chi connectivity index (χ0n) is 32.8. The van der Waals surface area contributed by atoms with Gasteiger partial charge >= 0.3 is 11.9 Å². The summed E-state index contributed by atoms with van der Waals surface area (Å²) in [6.45, 7) is 18.6. The van der Waals surface area contributed by atoms with Gasteiger partial charge < -0.3 is 9.47 Å². The average molecular weight is 729 g/mol. The summed E-state index contributed by atoms with van der Waals surface area (Å²) >= 11 is 0. The summed E-state index contributed by atoms with van der Waals surface area (Å²) in [5, 5.41) is 11.4. The molecule has 2 saturated carbocycles. The Hall–Kier alpha value is -4.67. The average Bonchev–Trinajstić information content (AvgIpc) is 3.73. The van der Waals surface area contributed by atoms with Crippen molar-refractivity contribution < 1.29 is 26.7 Å². The predicted molar refractivity (Wildman–Crippen MR) is 208 cm³/mol. The molecule has 0 saturated heterocycles. The molecule has 11 heteroatoms. The van der Waals surface area contributed by atoms with Crippen molar-refractivity contribution in [1.82, 2.24) is 29.9 Å². The van der Waals surface area contributed by atoms with E-state index in [2.05, 4.69) is 66.8 Å². The molecule has 53 heavy (non-hydrogen) atoms. The monoisotopic (exact) mass is 728 g/mol. The molecule has 0 bridgehead atoms. The van der Waals surface area contributed by atoms with Crippen LogP contribution in [0.25, 0.3) is 22.8 Å². The molecule has 6 rings (SSSR count). The molecule has 1 N–H and O–H groups in total. The Labute approximate surface area is 316 Å². The number of hydrogen-bond donors (Lipinski definition) is 1. The maximum atomic E-state index is 12.6. The van der Waals surface area contributed by atoms with E-state index in [0.717, 1.165) is 42.4 Å². The first-order chi connectivity index (χ1) is 25.2. The molecule has 2 heterocycles. The molecule has 0 amide bonds. The summed E-state index contributed by atoms with van der Waals surface area (Å²) in [6.07, 6.45) is 4.32. The lowest BCUT2D eigenvalue weighted by molar-refractivity contribution is -0.157. The minimum atomic E-state index is -0.358. The van der Waals surface area contributed by atoms with Gasteiger partial charge in [-0.2, -0.15) is 9.78 Å². The summed E-state index contributed by atoms with van der Waals surface area (Å²) in [7, 11) is 0. The number of carbonyl (C=O) groups is 3. The Morgan fingerprint density at radius 3 is 1.57 bits per heavy atom. The molecule has 2 aliphatic carbocycles. The van der Waals surface area contributed by atoms with Crippen molar-refractivity contribution in [2.75, 3.05) is 0 Å². The SMILES string of the molecule is CC(=O)n1nc(-c2ccc(C)cc2)nc1CC(=O)OC1C(C)CC(C)CC1C.Cc1ccc(-c2n[nH]c(CC(=O)OC3C(C)CC(C)CC3C)n2)cc1.[HH].[HH]. The van der Waals surface area contributed by atoms with Gasteiger partial charge in [-0.15, -0.1) is 5.10 Å². The molecule has 4 aromatic rings. The number of aryl methyl sites for hydroxylation is 2. The van der Waals surface area contributed by atoms with Crippen LogP contribution in [-0.2, 0) is 31.9 Å². The first kappa shape index (κ1) is 39.5. The number of ether oxygens (including phenoxy) is 2. The molecule has 0 aliphatic heterocycles. The minimum Gasteiger partial charge on any atom is -0.461 e. The predicted octanol–water partition coefficient (Wildman–Crippen LogP) is 8.50. The van der Waals surface area contributed by atoms with E-state index in [1.54, 1.807) is 0 Å². The second kappa shape index (κ2) is 17.4. The van der Waals surface area contributed by atoms with E-state index < -0.39 is 0 Å². The number of benzene rings is 2. The minimum absolute atomic E-state index is 0. The van der Waals surface area contributed by atoms with Crippen molar-refractivity contribution >= 4 is 17.8 Å². The zero-order valence-corrected chi connectivity index (χ0v) is 32.8. The van der Waals surface area contributed by atoms with Crippen molar-refractivity contribution in [3.8, 4) is 22.8 Å². The molecule has 4 atom stereocenters. The summed E-state index contributed by atoms with van der Waals surface area (Å²) in [5.41, 5.74) is 4.06. The fourth-order valence-electron chi connectivity index (χ4n) is 8.25. The molecule has 2 fully saturated rings. The Balaban J connectivity index is 0.000000287. The lowest BCUT2D eigenvalue weighted by atomic mass is 9.75. The van der Waals surface area contributed by atoms with E-state index >= 15 is 0 Å². The maximum Gasteiger partial charge on any atom is 0.313 e. The first-order valence-electron chi connectivity index (χ1n) is 19.1. The summed E-state index contributed by atoms with van der Waals surface area (Å²) < 4.78 is 12.8. The number of aromatic nitrogens is 6. The fraction of sp³-hybridized carbons (Fsp3) is 0.548. The number of hydrogen-bond acceptors (Lipinski definition) is 9. The first-order valence-corrected chi connectivity index (χ1v) is 19.1. The largest absolute Gasteiger partial charge is 0.461 e. The third-order valence-corrected chi connectivity index (χ3v) is 10.6. The smallest absolute Gasteiger partial charge is 0.313 e. The molecule has 2 aliphatic rings. The van der Waals surface area contributed by atoms with Crippen molar-refractivity contribution in [2.45, 2.75) is 113 Å². The van der Waals surface area contributed by atoms with E-state index in [1.807, 2.05) is 62.4 Å². The van der Waals surface area contributed by atoms with Crippen molar-refractivity contribution in [3.05, 3.63) is 71.3 Å². The van der Waals surface area contributed by atoms with Crippen LogP contribution in [0.3, 0.4) is 0 Å². The maximum absolute atomic E-state index is 12.6. The van der Waals surface area contributed by atoms with Crippen LogP contribution in [0, 0.1) is 49.4 Å². The Morgan fingerprint density at radius 1 is 0.679 bits per heavy atom. The summed E-state index contributed by atoms with van der Waals surface area (Å²) in [6, 6.07) is 15.7. The van der Waals surface area contributed by atoms with Gasteiger partial charge in [-0.25, -0.2) is 9.97 Å². The lowest BCUT2D eigenvalue weighted by Gasteiger charge is -2.37. The molecular weight excluding hydrogens is 668 g/mol. The van der Waals surface area contributed by atoms with Gasteiger partial charge in [0.1, 0.15) is 36.7 Å². The van der Waals surface area contributed by atoms with Gasteiger partial charge in [0.2, 0.25) is 5.91 Å². The molecule has 4 unspecified atom stereocenters. The van der Waals surface area contributed by atoms with Gasteiger partial charge in [0.25, 0.3) is 0 Å². The Kier molecular flexibility index (Phi) is 13.0. The van der Waals surface area contributed by atoms with Gasteiger partial charge in [0.15, 0.2) is 11.6 Å². The number of nitrogens with one attached hydrogen (secondary N) is 1. The molecule has 0 spiro atoms. The number of rotatable bonds is 8. The number of H-pyrrole nitrogens is 1. The molecule has 0 radical (unpaired) electrons. The van der Waals surface area contributed by atoms with Crippen LogP contribution in [0.2, 0.25) is 0 Å². The molecule has 288 valence electrons. The van der Waals surface area contributed by atoms with Gasteiger partial charge in [-0.3, -0.25) is 19.5 Å². The Morgan fingerprint density at radius 2 is 1.11 bits per heavy atom. The van der Waals surface area contributed by atoms with Crippen LogP contribution in [-0.4, -0.2) is 60.0 Å². The molecule has 11 nitrogen and oxygen atoms in total. The van der Waals surface area contributed by atoms with E-state index in [-0.39, 0.29) is 45.7 Å². The van der Waals surface area contributed by atoms with Gasteiger partial charge in [-0.05, 0) is 75.0 Å².